The van der Waals surface area contributed by atoms with Crippen molar-refractivity contribution in [3.05, 3.63) is 46.5 Å². The van der Waals surface area contributed by atoms with E-state index >= 15 is 0 Å². The van der Waals surface area contributed by atoms with Gasteiger partial charge in [-0.15, -0.1) is 0 Å². The highest BCUT2D eigenvalue weighted by Gasteiger charge is 2.08. The highest BCUT2D eigenvalue weighted by molar-refractivity contribution is 9.10. The molecule has 0 aliphatic heterocycles. The predicted octanol–water partition coefficient (Wildman–Crippen LogP) is 2.20. The van der Waals surface area contributed by atoms with Crippen LogP contribution in [0.4, 0.5) is 0 Å². The fourth-order valence-electron chi connectivity index (χ4n) is 1.33. The minimum atomic E-state index is -1.07. The van der Waals surface area contributed by atoms with Crippen LogP contribution >= 0.6 is 15.9 Å². The predicted molar refractivity (Wildman–Crippen MR) is 62.9 cm³/mol. The zero-order valence-corrected chi connectivity index (χ0v) is 10.0. The highest BCUT2D eigenvalue weighted by Crippen LogP contribution is 2.20. The number of carbonyl (C=O) groups is 1. The number of halogens is 1. The smallest absolute Gasteiger partial charge is 0.356 e. The molecule has 0 atom stereocenters. The highest BCUT2D eigenvalue weighted by atomic mass is 79.9. The van der Waals surface area contributed by atoms with Crippen LogP contribution in [0.5, 0.6) is 0 Å². The van der Waals surface area contributed by atoms with E-state index in [1.807, 2.05) is 6.07 Å². The molecular weight excluding hydrogens is 286 g/mol. The molecule has 17 heavy (non-hydrogen) atoms. The van der Waals surface area contributed by atoms with Gasteiger partial charge in [-0.2, -0.15) is 5.26 Å². The lowest BCUT2D eigenvalue weighted by Gasteiger charge is -2.03. The second-order valence-electron chi connectivity index (χ2n) is 3.25. The summed E-state index contributed by atoms with van der Waals surface area (Å²) in [6.45, 7) is 0. The van der Waals surface area contributed by atoms with Crippen LogP contribution < -0.4 is 0 Å². The van der Waals surface area contributed by atoms with Crippen LogP contribution in [0.2, 0.25) is 0 Å². The molecule has 1 aromatic heterocycles. The second-order valence-corrected chi connectivity index (χ2v) is 4.10. The number of carboxylic acids is 1. The number of nitrogens with zero attached hydrogens (tertiary/aromatic N) is 3. The number of aromatic nitrogens is 2. The van der Waals surface area contributed by atoms with Gasteiger partial charge in [0.25, 0.3) is 0 Å². The van der Waals surface area contributed by atoms with Gasteiger partial charge in [0.1, 0.15) is 12.4 Å². The third-order valence-corrected chi connectivity index (χ3v) is 2.83. The Labute approximate surface area is 105 Å². The van der Waals surface area contributed by atoms with Gasteiger partial charge in [-0.1, -0.05) is 0 Å². The van der Waals surface area contributed by atoms with Crippen LogP contribution in [-0.2, 0) is 0 Å². The van der Waals surface area contributed by atoms with E-state index in [0.717, 1.165) is 5.69 Å². The van der Waals surface area contributed by atoms with E-state index < -0.39 is 5.97 Å². The Morgan fingerprint density at radius 1 is 1.53 bits per heavy atom. The van der Waals surface area contributed by atoms with Crippen LogP contribution in [0, 0.1) is 11.3 Å². The third kappa shape index (κ3) is 2.19. The van der Waals surface area contributed by atoms with Gasteiger partial charge in [-0.05, 0) is 34.1 Å². The molecule has 1 aromatic carbocycles. The maximum absolute atomic E-state index is 10.7. The molecule has 2 aromatic rings. The molecule has 0 spiro atoms. The lowest BCUT2D eigenvalue weighted by molar-refractivity contribution is 0.0691. The molecule has 0 bridgehead atoms. The van der Waals surface area contributed by atoms with Crippen LogP contribution in [-0.4, -0.2) is 20.6 Å². The minimum absolute atomic E-state index is 0.0227. The van der Waals surface area contributed by atoms with Gasteiger partial charge in [0, 0.05) is 16.4 Å². The summed E-state index contributed by atoms with van der Waals surface area (Å²) in [5, 5.41) is 17.5. The zero-order chi connectivity index (χ0) is 12.4. The van der Waals surface area contributed by atoms with Gasteiger partial charge in [-0.3, -0.25) is 0 Å². The van der Waals surface area contributed by atoms with Crippen molar-refractivity contribution in [1.29, 1.82) is 5.26 Å². The van der Waals surface area contributed by atoms with E-state index in [-0.39, 0.29) is 5.69 Å². The maximum atomic E-state index is 10.7. The van der Waals surface area contributed by atoms with Gasteiger partial charge in [0.2, 0.25) is 0 Å². The summed E-state index contributed by atoms with van der Waals surface area (Å²) in [6.07, 6.45) is 2.83. The SMILES string of the molecule is N#Cc1ccc(-n2cnc(C(=O)O)c2)cc1Br. The van der Waals surface area contributed by atoms with Crippen molar-refractivity contribution in [2.45, 2.75) is 0 Å². The molecule has 0 radical (unpaired) electrons. The van der Waals surface area contributed by atoms with Crippen molar-refractivity contribution < 1.29 is 9.90 Å². The first-order valence-corrected chi connectivity index (χ1v) is 5.38. The molecule has 0 fully saturated rings. The van der Waals surface area contributed by atoms with Gasteiger partial charge in [-0.25, -0.2) is 9.78 Å². The molecule has 6 heteroatoms. The van der Waals surface area contributed by atoms with Crippen molar-refractivity contribution in [1.82, 2.24) is 9.55 Å². The first kappa shape index (κ1) is 11.4. The van der Waals surface area contributed by atoms with Crippen molar-refractivity contribution in [3.8, 4) is 11.8 Å². The van der Waals surface area contributed by atoms with E-state index in [1.165, 1.54) is 12.5 Å². The molecule has 1 N–H and O–H groups in total. The van der Waals surface area contributed by atoms with Crippen molar-refractivity contribution >= 4 is 21.9 Å². The summed E-state index contributed by atoms with van der Waals surface area (Å²) < 4.78 is 2.23. The Morgan fingerprint density at radius 2 is 2.29 bits per heavy atom. The zero-order valence-electron chi connectivity index (χ0n) is 8.46. The van der Waals surface area contributed by atoms with E-state index in [4.69, 9.17) is 10.4 Å². The van der Waals surface area contributed by atoms with Crippen LogP contribution in [0.1, 0.15) is 16.1 Å². The number of rotatable bonds is 2. The Kier molecular flexibility index (Phi) is 2.93. The summed E-state index contributed by atoms with van der Waals surface area (Å²) in [7, 11) is 0. The lowest BCUT2D eigenvalue weighted by Crippen LogP contribution is -1.96. The van der Waals surface area contributed by atoms with Crippen molar-refractivity contribution in [2.75, 3.05) is 0 Å². The normalized spacial score (nSPS) is 9.88. The first-order chi connectivity index (χ1) is 8.11. The lowest BCUT2D eigenvalue weighted by atomic mass is 10.2. The summed E-state index contributed by atoms with van der Waals surface area (Å²) in [4.78, 5) is 14.4. The van der Waals surface area contributed by atoms with Crippen LogP contribution in [0.25, 0.3) is 5.69 Å². The number of hydrogen-bond acceptors (Lipinski definition) is 3. The topological polar surface area (TPSA) is 78.9 Å². The number of aromatic carboxylic acids is 1. The van der Waals surface area contributed by atoms with Crippen LogP contribution in [0.3, 0.4) is 0 Å². The standard InChI is InChI=1S/C11H6BrN3O2/c12-9-3-8(2-1-7(9)4-13)15-5-10(11(16)17)14-6-15/h1-3,5-6H,(H,16,17). The summed E-state index contributed by atoms with van der Waals surface area (Å²) in [5.74, 6) is -1.07. The molecule has 0 aliphatic carbocycles. The van der Waals surface area contributed by atoms with Gasteiger partial charge < -0.3 is 9.67 Å². The molecular formula is C11H6BrN3O2. The van der Waals surface area contributed by atoms with E-state index in [0.29, 0.717) is 10.0 Å². The third-order valence-electron chi connectivity index (χ3n) is 2.17. The Bertz CT molecular complexity index is 628. The van der Waals surface area contributed by atoms with E-state index in [9.17, 15) is 4.79 Å². The quantitative estimate of drug-likeness (QED) is 0.920. The molecule has 0 aliphatic rings. The Morgan fingerprint density at radius 3 is 2.82 bits per heavy atom. The number of nitriles is 1. The maximum Gasteiger partial charge on any atom is 0.356 e. The summed E-state index contributed by atoms with van der Waals surface area (Å²) in [5.41, 5.74) is 1.23. The Hall–Kier alpha value is -2.13. The van der Waals surface area contributed by atoms with Crippen molar-refractivity contribution in [3.63, 3.8) is 0 Å². The minimum Gasteiger partial charge on any atom is -0.476 e. The summed E-state index contributed by atoms with van der Waals surface area (Å²) >= 11 is 3.27. The number of hydrogen-bond donors (Lipinski definition) is 1. The number of benzene rings is 1. The van der Waals surface area contributed by atoms with E-state index in [1.54, 1.807) is 22.8 Å². The average molecular weight is 292 g/mol. The van der Waals surface area contributed by atoms with Gasteiger partial charge in [0.05, 0.1) is 5.56 Å². The number of carboxylic acid groups (broad SMARTS) is 1. The molecule has 0 unspecified atom stereocenters. The fourth-order valence-corrected chi connectivity index (χ4v) is 1.79. The van der Waals surface area contributed by atoms with E-state index in [2.05, 4.69) is 20.9 Å². The molecule has 5 nitrogen and oxygen atoms in total. The summed E-state index contributed by atoms with van der Waals surface area (Å²) in [6, 6.07) is 7.13. The monoisotopic (exact) mass is 291 g/mol. The Balaban J connectivity index is 2.43. The first-order valence-electron chi connectivity index (χ1n) is 4.59. The second kappa shape index (κ2) is 4.39. The van der Waals surface area contributed by atoms with Gasteiger partial charge >= 0.3 is 5.97 Å². The number of imidazole rings is 1. The largest absolute Gasteiger partial charge is 0.476 e. The van der Waals surface area contributed by atoms with Crippen molar-refractivity contribution in [2.24, 2.45) is 0 Å². The fraction of sp³-hybridized carbons (Fsp3) is 0. The average Bonchev–Trinajstić information content (AvgIpc) is 2.78. The molecule has 2 rings (SSSR count). The molecule has 84 valence electrons. The molecule has 1 heterocycles. The van der Waals surface area contributed by atoms with Gasteiger partial charge in [0.15, 0.2) is 5.69 Å². The molecule has 0 amide bonds. The molecule has 0 saturated carbocycles. The molecule has 0 saturated heterocycles. The van der Waals surface area contributed by atoms with Crippen LogP contribution in [0.15, 0.2) is 35.2 Å².